The Hall–Kier alpha value is -2.57. The second-order valence-corrected chi connectivity index (χ2v) is 5.46. The van der Waals surface area contributed by atoms with Gasteiger partial charge < -0.3 is 15.2 Å². The van der Waals surface area contributed by atoms with Crippen molar-refractivity contribution < 1.29 is 19.1 Å². The molecule has 1 aliphatic rings. The first kappa shape index (κ1) is 18.8. The molecule has 1 aliphatic heterocycles. The highest BCUT2D eigenvalue weighted by Crippen LogP contribution is 2.30. The van der Waals surface area contributed by atoms with E-state index in [2.05, 4.69) is 0 Å². The topological polar surface area (TPSA) is 81.9 Å². The molecule has 25 heavy (non-hydrogen) atoms. The molecule has 0 saturated carbocycles. The summed E-state index contributed by atoms with van der Waals surface area (Å²) in [6.07, 6.45) is 0. The van der Waals surface area contributed by atoms with Crippen LogP contribution in [0, 0.1) is 0 Å². The third-order valence-electron chi connectivity index (χ3n) is 3.69. The number of anilines is 1. The van der Waals surface area contributed by atoms with E-state index in [0.717, 1.165) is 5.56 Å². The Morgan fingerprint density at radius 1 is 1.16 bits per heavy atom. The minimum atomic E-state index is -0.820. The summed E-state index contributed by atoms with van der Waals surface area (Å²) < 4.78 is 10.8. The number of fused-ring (bicyclic) bond motifs is 1. The minimum absolute atomic E-state index is 0. The van der Waals surface area contributed by atoms with Crippen LogP contribution >= 0.6 is 12.4 Å². The second-order valence-electron chi connectivity index (χ2n) is 5.46. The van der Waals surface area contributed by atoms with Crippen LogP contribution in [0.4, 0.5) is 5.69 Å². The Balaban J connectivity index is 0.00000225. The summed E-state index contributed by atoms with van der Waals surface area (Å²) in [4.78, 5) is 25.9. The molecule has 6 nitrogen and oxygen atoms in total. The molecule has 2 aromatic rings. The fourth-order valence-corrected chi connectivity index (χ4v) is 2.45. The summed E-state index contributed by atoms with van der Waals surface area (Å²) >= 11 is 0. The smallest absolute Gasteiger partial charge is 0.326 e. The first-order valence-corrected chi connectivity index (χ1v) is 7.63. The van der Waals surface area contributed by atoms with Crippen LogP contribution < -0.4 is 15.4 Å². The first-order valence-electron chi connectivity index (χ1n) is 7.63. The highest BCUT2D eigenvalue weighted by atomic mass is 35.5. The van der Waals surface area contributed by atoms with Gasteiger partial charge in [-0.2, -0.15) is 0 Å². The summed E-state index contributed by atoms with van der Waals surface area (Å²) in [5.41, 5.74) is 7.22. The van der Waals surface area contributed by atoms with Crippen LogP contribution in [0.25, 0.3) is 0 Å². The van der Waals surface area contributed by atoms with E-state index in [4.69, 9.17) is 15.2 Å². The zero-order valence-electron chi connectivity index (χ0n) is 13.5. The number of benzene rings is 2. The van der Waals surface area contributed by atoms with E-state index in [1.807, 2.05) is 30.3 Å². The maximum atomic E-state index is 12.4. The molecule has 0 aliphatic carbocycles. The summed E-state index contributed by atoms with van der Waals surface area (Å²) in [6.45, 7) is 0.0249. The second kappa shape index (κ2) is 8.50. The zero-order valence-corrected chi connectivity index (χ0v) is 14.3. The molecule has 132 valence electrons. The monoisotopic (exact) mass is 362 g/mol. The summed E-state index contributed by atoms with van der Waals surface area (Å²) in [6, 6.07) is 15.6. The standard InChI is InChI=1S/C18H18N2O4.ClH/c19-14-12-23-16-9-5-4-8-15(16)20(18(14)22)10-17(21)24-11-13-6-2-1-3-7-13;/h1-9,14H,10-12,19H2;1H/t14-;/m0./s1. The van der Waals surface area contributed by atoms with E-state index in [9.17, 15) is 9.59 Å². The molecule has 0 spiro atoms. The summed E-state index contributed by atoms with van der Waals surface area (Å²) in [5, 5.41) is 0. The highest BCUT2D eigenvalue weighted by Gasteiger charge is 2.30. The fourth-order valence-electron chi connectivity index (χ4n) is 2.45. The fraction of sp³-hybridized carbons (Fsp3) is 0.222. The van der Waals surface area contributed by atoms with Gasteiger partial charge in [-0.15, -0.1) is 12.4 Å². The summed E-state index contributed by atoms with van der Waals surface area (Å²) in [7, 11) is 0. The van der Waals surface area contributed by atoms with Gasteiger partial charge in [0, 0.05) is 0 Å². The molecular formula is C18H19ClN2O4. The van der Waals surface area contributed by atoms with E-state index in [-0.39, 0.29) is 38.1 Å². The van der Waals surface area contributed by atoms with Gasteiger partial charge in [0.05, 0.1) is 5.69 Å². The number of amides is 1. The molecule has 0 unspecified atom stereocenters. The average Bonchev–Trinajstić information content (AvgIpc) is 2.73. The maximum Gasteiger partial charge on any atom is 0.326 e. The maximum absolute atomic E-state index is 12.4. The van der Waals surface area contributed by atoms with Crippen molar-refractivity contribution in [2.45, 2.75) is 12.6 Å². The Morgan fingerprint density at radius 2 is 1.84 bits per heavy atom. The molecule has 1 heterocycles. The lowest BCUT2D eigenvalue weighted by molar-refractivity contribution is -0.144. The molecule has 2 aromatic carbocycles. The van der Waals surface area contributed by atoms with Crippen LogP contribution in [0.1, 0.15) is 5.56 Å². The van der Waals surface area contributed by atoms with E-state index in [0.29, 0.717) is 11.4 Å². The number of esters is 1. The van der Waals surface area contributed by atoms with Crippen LogP contribution in [-0.2, 0) is 20.9 Å². The van der Waals surface area contributed by atoms with E-state index >= 15 is 0 Å². The van der Waals surface area contributed by atoms with Gasteiger partial charge in [-0.25, -0.2) is 0 Å². The first-order chi connectivity index (χ1) is 11.6. The Kier molecular flexibility index (Phi) is 6.38. The highest BCUT2D eigenvalue weighted by molar-refractivity contribution is 6.02. The number of rotatable bonds is 4. The van der Waals surface area contributed by atoms with Gasteiger partial charge >= 0.3 is 5.97 Å². The number of halogens is 1. The Bertz CT molecular complexity index is 739. The van der Waals surface area contributed by atoms with E-state index in [1.54, 1.807) is 24.3 Å². The van der Waals surface area contributed by atoms with Crippen LogP contribution in [0.3, 0.4) is 0 Å². The molecule has 1 atom stereocenters. The van der Waals surface area contributed by atoms with Crippen molar-refractivity contribution in [2.75, 3.05) is 18.1 Å². The number of hydrogen-bond acceptors (Lipinski definition) is 5. The molecule has 0 bridgehead atoms. The number of ether oxygens (including phenoxy) is 2. The molecule has 0 aromatic heterocycles. The molecule has 0 saturated heterocycles. The van der Waals surface area contributed by atoms with E-state index < -0.39 is 12.0 Å². The minimum Gasteiger partial charge on any atom is -0.489 e. The van der Waals surface area contributed by atoms with Crippen LogP contribution in [0.15, 0.2) is 54.6 Å². The zero-order chi connectivity index (χ0) is 16.9. The van der Waals surface area contributed by atoms with Gasteiger partial charge in [-0.05, 0) is 17.7 Å². The Morgan fingerprint density at radius 3 is 2.60 bits per heavy atom. The lowest BCUT2D eigenvalue weighted by atomic mass is 10.2. The molecule has 1 amide bonds. The third-order valence-corrected chi connectivity index (χ3v) is 3.69. The van der Waals surface area contributed by atoms with E-state index in [1.165, 1.54) is 4.90 Å². The predicted octanol–water partition coefficient (Wildman–Crippen LogP) is 1.90. The number of nitrogens with zero attached hydrogens (tertiary/aromatic N) is 1. The quantitative estimate of drug-likeness (QED) is 0.840. The third kappa shape index (κ3) is 4.49. The Labute approximate surface area is 151 Å². The SMILES string of the molecule is Cl.N[C@H]1COc2ccccc2N(CC(=O)OCc2ccccc2)C1=O. The van der Waals surface area contributed by atoms with Gasteiger partial charge in [-0.1, -0.05) is 42.5 Å². The number of hydrogen-bond donors (Lipinski definition) is 1. The molecule has 2 N–H and O–H groups in total. The van der Waals surface area contributed by atoms with Crippen LogP contribution in [0.2, 0.25) is 0 Å². The summed E-state index contributed by atoms with van der Waals surface area (Å²) in [5.74, 6) is -0.345. The van der Waals surface area contributed by atoms with Crippen molar-refractivity contribution in [2.24, 2.45) is 5.73 Å². The van der Waals surface area contributed by atoms with Crippen molar-refractivity contribution in [1.82, 2.24) is 0 Å². The van der Waals surface area contributed by atoms with Crippen LogP contribution in [0.5, 0.6) is 5.75 Å². The van der Waals surface area contributed by atoms with Gasteiger partial charge in [0.25, 0.3) is 0 Å². The molecule has 0 radical (unpaired) electrons. The van der Waals surface area contributed by atoms with Gasteiger partial charge in [0.1, 0.15) is 31.5 Å². The molecule has 3 rings (SSSR count). The molecule has 0 fully saturated rings. The number of nitrogens with two attached hydrogens (primary N) is 1. The number of carbonyl (C=O) groups excluding carboxylic acids is 2. The lowest BCUT2D eigenvalue weighted by Crippen LogP contribution is -2.47. The van der Waals surface area contributed by atoms with Crippen LogP contribution in [-0.4, -0.2) is 31.1 Å². The number of carbonyl (C=O) groups is 2. The van der Waals surface area contributed by atoms with Crippen molar-refractivity contribution >= 4 is 30.0 Å². The average molecular weight is 363 g/mol. The van der Waals surface area contributed by atoms with Crippen molar-refractivity contribution in [1.29, 1.82) is 0 Å². The molecule has 7 heteroatoms. The lowest BCUT2D eigenvalue weighted by Gasteiger charge is -2.22. The molecular weight excluding hydrogens is 344 g/mol. The van der Waals surface area contributed by atoms with Gasteiger partial charge in [0.2, 0.25) is 5.91 Å². The van der Waals surface area contributed by atoms with Crippen molar-refractivity contribution in [3.8, 4) is 5.75 Å². The van der Waals surface area contributed by atoms with Gasteiger partial charge in [0.15, 0.2) is 0 Å². The number of para-hydroxylation sites is 2. The van der Waals surface area contributed by atoms with Crippen molar-refractivity contribution in [3.05, 3.63) is 60.2 Å². The van der Waals surface area contributed by atoms with Crippen molar-refractivity contribution in [3.63, 3.8) is 0 Å². The largest absolute Gasteiger partial charge is 0.489 e. The van der Waals surface area contributed by atoms with Gasteiger partial charge in [-0.3, -0.25) is 14.5 Å². The normalized spacial score (nSPS) is 16.1. The predicted molar refractivity (Wildman–Crippen MR) is 95.8 cm³/mol.